The van der Waals surface area contributed by atoms with Crippen LogP contribution in [0, 0.1) is 23.7 Å². The van der Waals surface area contributed by atoms with Crippen molar-refractivity contribution in [2.75, 3.05) is 6.54 Å². The van der Waals surface area contributed by atoms with E-state index in [4.69, 9.17) is 0 Å². The first-order chi connectivity index (χ1) is 9.20. The molecule has 19 heavy (non-hydrogen) atoms. The summed E-state index contributed by atoms with van der Waals surface area (Å²) < 4.78 is 0. The van der Waals surface area contributed by atoms with E-state index >= 15 is 0 Å². The molecular formula is C18H35N. The Labute approximate surface area is 120 Å². The van der Waals surface area contributed by atoms with Gasteiger partial charge < -0.3 is 5.32 Å². The molecule has 0 aliphatic heterocycles. The van der Waals surface area contributed by atoms with Crippen LogP contribution in [0.2, 0.25) is 0 Å². The molecule has 0 atom stereocenters. The van der Waals surface area contributed by atoms with Crippen LogP contribution in [0.5, 0.6) is 0 Å². The summed E-state index contributed by atoms with van der Waals surface area (Å²) in [5.74, 6) is 3.91. The van der Waals surface area contributed by atoms with Crippen molar-refractivity contribution in [1.29, 1.82) is 0 Å². The molecule has 0 aromatic heterocycles. The SMILES string of the molecule is CCCNC(C1CCC(C)CC1)C1CCC(C)CC1. The number of rotatable bonds is 5. The average molecular weight is 265 g/mol. The second-order valence-electron chi connectivity index (χ2n) is 7.52. The van der Waals surface area contributed by atoms with Crippen LogP contribution >= 0.6 is 0 Å². The lowest BCUT2D eigenvalue weighted by Gasteiger charge is -2.40. The predicted molar refractivity (Wildman–Crippen MR) is 84.3 cm³/mol. The fourth-order valence-corrected chi connectivity index (χ4v) is 4.32. The van der Waals surface area contributed by atoms with Crippen molar-refractivity contribution in [3.05, 3.63) is 0 Å². The van der Waals surface area contributed by atoms with Crippen molar-refractivity contribution in [2.24, 2.45) is 23.7 Å². The zero-order valence-corrected chi connectivity index (χ0v) is 13.5. The highest BCUT2D eigenvalue weighted by molar-refractivity contribution is 4.88. The van der Waals surface area contributed by atoms with Crippen LogP contribution in [0.15, 0.2) is 0 Å². The molecule has 2 aliphatic rings. The van der Waals surface area contributed by atoms with Crippen LogP contribution in [0.1, 0.15) is 78.6 Å². The van der Waals surface area contributed by atoms with Crippen LogP contribution < -0.4 is 5.32 Å². The van der Waals surface area contributed by atoms with E-state index in [0.29, 0.717) is 0 Å². The predicted octanol–water partition coefficient (Wildman–Crippen LogP) is 5.01. The van der Waals surface area contributed by atoms with Gasteiger partial charge in [-0.25, -0.2) is 0 Å². The van der Waals surface area contributed by atoms with Gasteiger partial charge in [-0.15, -0.1) is 0 Å². The summed E-state index contributed by atoms with van der Waals surface area (Å²) in [5.41, 5.74) is 0. The molecule has 0 aromatic rings. The molecule has 0 heterocycles. The highest BCUT2D eigenvalue weighted by Crippen LogP contribution is 2.38. The molecule has 0 unspecified atom stereocenters. The molecule has 0 aromatic carbocycles. The van der Waals surface area contributed by atoms with Gasteiger partial charge in [0, 0.05) is 6.04 Å². The Balaban J connectivity index is 1.90. The summed E-state index contributed by atoms with van der Waals surface area (Å²) in [6, 6.07) is 0.833. The van der Waals surface area contributed by atoms with E-state index < -0.39 is 0 Å². The zero-order chi connectivity index (χ0) is 13.7. The Morgan fingerprint density at radius 3 is 1.58 bits per heavy atom. The molecule has 1 nitrogen and oxygen atoms in total. The lowest BCUT2D eigenvalue weighted by Crippen LogP contribution is -2.45. The van der Waals surface area contributed by atoms with E-state index in [9.17, 15) is 0 Å². The molecule has 1 N–H and O–H groups in total. The first-order valence-electron chi connectivity index (χ1n) is 8.94. The van der Waals surface area contributed by atoms with Crippen LogP contribution in [-0.4, -0.2) is 12.6 Å². The zero-order valence-electron chi connectivity index (χ0n) is 13.5. The number of hydrogen-bond acceptors (Lipinski definition) is 1. The summed E-state index contributed by atoms with van der Waals surface area (Å²) in [6.07, 6.45) is 13.1. The summed E-state index contributed by atoms with van der Waals surface area (Å²) >= 11 is 0. The molecule has 2 saturated carbocycles. The Bertz CT molecular complexity index is 212. The molecule has 2 rings (SSSR count). The van der Waals surface area contributed by atoms with Gasteiger partial charge in [0.05, 0.1) is 0 Å². The molecule has 1 heteroatoms. The second-order valence-corrected chi connectivity index (χ2v) is 7.52. The highest BCUT2D eigenvalue weighted by atomic mass is 14.9. The van der Waals surface area contributed by atoms with Crippen molar-refractivity contribution in [2.45, 2.75) is 84.6 Å². The van der Waals surface area contributed by atoms with Crippen LogP contribution in [0.4, 0.5) is 0 Å². The molecule has 0 saturated heterocycles. The molecule has 2 fully saturated rings. The number of nitrogens with one attached hydrogen (secondary N) is 1. The van der Waals surface area contributed by atoms with E-state index in [1.165, 1.54) is 64.3 Å². The second kappa shape index (κ2) is 7.67. The molecule has 0 radical (unpaired) electrons. The monoisotopic (exact) mass is 265 g/mol. The van der Waals surface area contributed by atoms with Gasteiger partial charge in [0.25, 0.3) is 0 Å². The lowest BCUT2D eigenvalue weighted by atomic mass is 9.70. The third kappa shape index (κ3) is 4.48. The van der Waals surface area contributed by atoms with Crippen molar-refractivity contribution >= 4 is 0 Å². The minimum Gasteiger partial charge on any atom is -0.313 e. The van der Waals surface area contributed by atoms with Gasteiger partial charge in [0.1, 0.15) is 0 Å². The van der Waals surface area contributed by atoms with Gasteiger partial charge in [-0.05, 0) is 62.3 Å². The number of hydrogen-bond donors (Lipinski definition) is 1. The van der Waals surface area contributed by atoms with Crippen LogP contribution in [0.25, 0.3) is 0 Å². The van der Waals surface area contributed by atoms with Gasteiger partial charge in [-0.3, -0.25) is 0 Å². The maximum Gasteiger partial charge on any atom is 0.0124 e. The third-order valence-electron chi connectivity index (χ3n) is 5.77. The van der Waals surface area contributed by atoms with E-state index in [2.05, 4.69) is 26.1 Å². The van der Waals surface area contributed by atoms with Gasteiger partial charge in [-0.2, -0.15) is 0 Å². The largest absolute Gasteiger partial charge is 0.313 e. The maximum atomic E-state index is 3.94. The molecular weight excluding hydrogens is 230 g/mol. The van der Waals surface area contributed by atoms with E-state index in [1.54, 1.807) is 0 Å². The fraction of sp³-hybridized carbons (Fsp3) is 1.00. The molecule has 112 valence electrons. The van der Waals surface area contributed by atoms with Gasteiger partial charge in [-0.1, -0.05) is 46.5 Å². The topological polar surface area (TPSA) is 12.0 Å². The van der Waals surface area contributed by atoms with Crippen molar-refractivity contribution in [3.63, 3.8) is 0 Å². The first kappa shape index (κ1) is 15.4. The van der Waals surface area contributed by atoms with Crippen LogP contribution in [0.3, 0.4) is 0 Å². The van der Waals surface area contributed by atoms with E-state index in [1.807, 2.05) is 0 Å². The van der Waals surface area contributed by atoms with Gasteiger partial charge in [0.2, 0.25) is 0 Å². The molecule has 2 aliphatic carbocycles. The Morgan fingerprint density at radius 2 is 1.21 bits per heavy atom. The quantitative estimate of drug-likeness (QED) is 0.737. The first-order valence-corrected chi connectivity index (χ1v) is 8.94. The summed E-state index contributed by atoms with van der Waals surface area (Å²) in [7, 11) is 0. The summed E-state index contributed by atoms with van der Waals surface area (Å²) in [6.45, 7) is 8.40. The molecule has 0 bridgehead atoms. The summed E-state index contributed by atoms with van der Waals surface area (Å²) in [4.78, 5) is 0. The smallest absolute Gasteiger partial charge is 0.0124 e. The van der Waals surface area contributed by atoms with E-state index in [-0.39, 0.29) is 0 Å². The Hall–Kier alpha value is -0.0400. The van der Waals surface area contributed by atoms with Crippen molar-refractivity contribution in [3.8, 4) is 0 Å². The normalized spacial score (nSPS) is 38.1. The Kier molecular flexibility index (Phi) is 6.19. The molecule has 0 amide bonds. The molecule has 0 spiro atoms. The minimum atomic E-state index is 0.833. The third-order valence-corrected chi connectivity index (χ3v) is 5.77. The Morgan fingerprint density at radius 1 is 0.789 bits per heavy atom. The van der Waals surface area contributed by atoms with Gasteiger partial charge >= 0.3 is 0 Å². The standard InChI is InChI=1S/C18H35N/c1-4-13-19-18(16-9-5-14(2)6-10-16)17-11-7-15(3)8-12-17/h14-19H,4-13H2,1-3H3. The summed E-state index contributed by atoms with van der Waals surface area (Å²) in [5, 5.41) is 3.94. The highest BCUT2D eigenvalue weighted by Gasteiger charge is 2.33. The maximum absolute atomic E-state index is 3.94. The minimum absolute atomic E-state index is 0.833. The van der Waals surface area contributed by atoms with Crippen molar-refractivity contribution in [1.82, 2.24) is 5.32 Å². The van der Waals surface area contributed by atoms with Crippen LogP contribution in [-0.2, 0) is 0 Å². The average Bonchev–Trinajstić information content (AvgIpc) is 2.43. The fourth-order valence-electron chi connectivity index (χ4n) is 4.32. The van der Waals surface area contributed by atoms with Crippen molar-refractivity contribution < 1.29 is 0 Å². The lowest BCUT2D eigenvalue weighted by molar-refractivity contribution is 0.144. The van der Waals surface area contributed by atoms with Gasteiger partial charge in [0.15, 0.2) is 0 Å². The van der Waals surface area contributed by atoms with E-state index in [0.717, 1.165) is 29.7 Å².